The summed E-state index contributed by atoms with van der Waals surface area (Å²) in [5.74, 6) is -1.33. The van der Waals surface area contributed by atoms with Crippen LogP contribution < -0.4 is 10.6 Å². The predicted molar refractivity (Wildman–Crippen MR) is 91.9 cm³/mol. The highest BCUT2D eigenvalue weighted by Crippen LogP contribution is 2.31. The Hall–Kier alpha value is -1.37. The molecule has 120 valence electrons. The van der Waals surface area contributed by atoms with Crippen LogP contribution in [0.2, 0.25) is 10.0 Å². The molecule has 3 N–H and O–H groups in total. The number of hydrogen-bond donors (Lipinski definition) is 3. The number of amides is 1. The minimum atomic E-state index is -1.14. The lowest BCUT2D eigenvalue weighted by molar-refractivity contribution is -0.119. The number of halogens is 2. The van der Waals surface area contributed by atoms with Gasteiger partial charge in [-0.1, -0.05) is 43.0 Å². The van der Waals surface area contributed by atoms with E-state index in [1.807, 2.05) is 0 Å². The largest absolute Gasteiger partial charge is 0.478 e. The van der Waals surface area contributed by atoms with Crippen molar-refractivity contribution < 1.29 is 14.7 Å². The molecule has 5 nitrogen and oxygen atoms in total. The second-order valence-corrected chi connectivity index (χ2v) is 5.80. The molecule has 8 heteroatoms. The fourth-order valence-electron chi connectivity index (χ4n) is 1.69. The second-order valence-electron chi connectivity index (χ2n) is 4.58. The van der Waals surface area contributed by atoms with Crippen LogP contribution in [0.5, 0.6) is 0 Å². The van der Waals surface area contributed by atoms with Gasteiger partial charge in [0.2, 0.25) is 5.91 Å². The average molecular weight is 363 g/mol. The first-order chi connectivity index (χ1) is 10.3. The van der Waals surface area contributed by atoms with Crippen molar-refractivity contribution in [2.45, 2.75) is 32.6 Å². The van der Waals surface area contributed by atoms with Crippen LogP contribution >= 0.6 is 35.4 Å². The number of carbonyl (C=O) groups is 2. The van der Waals surface area contributed by atoms with Gasteiger partial charge in [0.05, 0.1) is 21.3 Å². The Morgan fingerprint density at radius 1 is 1.23 bits per heavy atom. The van der Waals surface area contributed by atoms with Gasteiger partial charge in [-0.3, -0.25) is 4.79 Å². The average Bonchev–Trinajstić information content (AvgIpc) is 2.42. The lowest BCUT2D eigenvalue weighted by atomic mass is 10.2. The van der Waals surface area contributed by atoms with E-state index in [1.54, 1.807) is 0 Å². The number of thiocarbonyl (C=S) groups is 1. The zero-order valence-corrected chi connectivity index (χ0v) is 14.2. The minimum Gasteiger partial charge on any atom is -0.478 e. The molecule has 1 rings (SSSR count). The summed E-state index contributed by atoms with van der Waals surface area (Å²) in [7, 11) is 0. The highest BCUT2D eigenvalue weighted by molar-refractivity contribution is 7.80. The van der Waals surface area contributed by atoms with E-state index in [1.165, 1.54) is 12.1 Å². The zero-order valence-electron chi connectivity index (χ0n) is 11.9. The van der Waals surface area contributed by atoms with Gasteiger partial charge in [0.15, 0.2) is 5.11 Å². The van der Waals surface area contributed by atoms with Gasteiger partial charge in [-0.15, -0.1) is 0 Å². The van der Waals surface area contributed by atoms with E-state index in [0.717, 1.165) is 19.3 Å². The van der Waals surface area contributed by atoms with Gasteiger partial charge in [0, 0.05) is 6.42 Å². The van der Waals surface area contributed by atoms with Crippen LogP contribution in [0, 0.1) is 0 Å². The van der Waals surface area contributed by atoms with Gasteiger partial charge >= 0.3 is 5.97 Å². The first-order valence-electron chi connectivity index (χ1n) is 6.68. The van der Waals surface area contributed by atoms with Gasteiger partial charge in [-0.25, -0.2) is 4.79 Å². The Balaban J connectivity index is 2.68. The first-order valence-corrected chi connectivity index (χ1v) is 7.84. The fraction of sp³-hybridized carbons (Fsp3) is 0.357. The molecule has 0 aromatic heterocycles. The topological polar surface area (TPSA) is 78.4 Å². The van der Waals surface area contributed by atoms with Crippen LogP contribution in [0.3, 0.4) is 0 Å². The van der Waals surface area contributed by atoms with Crippen molar-refractivity contribution in [3.8, 4) is 0 Å². The van der Waals surface area contributed by atoms with E-state index in [-0.39, 0.29) is 32.3 Å². The molecule has 22 heavy (non-hydrogen) atoms. The summed E-state index contributed by atoms with van der Waals surface area (Å²) in [6, 6.07) is 2.51. The van der Waals surface area contributed by atoms with Crippen molar-refractivity contribution in [3.63, 3.8) is 0 Å². The number of carbonyl (C=O) groups excluding carboxylic acids is 1. The normalized spacial score (nSPS) is 10.1. The molecule has 0 saturated carbocycles. The molecule has 0 unspecified atom stereocenters. The smallest absolute Gasteiger partial charge is 0.335 e. The molecule has 0 radical (unpaired) electrons. The third-order valence-corrected chi connectivity index (χ3v) is 3.59. The van der Waals surface area contributed by atoms with Crippen molar-refractivity contribution in [1.82, 2.24) is 5.32 Å². The summed E-state index contributed by atoms with van der Waals surface area (Å²) in [5.41, 5.74) is 0.224. The second kappa shape index (κ2) is 8.92. The molecular weight excluding hydrogens is 347 g/mol. The highest BCUT2D eigenvalue weighted by atomic mass is 35.5. The lowest BCUT2D eigenvalue weighted by Gasteiger charge is -2.13. The number of benzene rings is 1. The Kier molecular flexibility index (Phi) is 7.58. The van der Waals surface area contributed by atoms with Crippen molar-refractivity contribution in [1.29, 1.82) is 0 Å². The Morgan fingerprint density at radius 2 is 1.82 bits per heavy atom. The number of unbranched alkanes of at least 4 members (excludes halogenated alkanes) is 2. The van der Waals surface area contributed by atoms with Crippen molar-refractivity contribution in [2.24, 2.45) is 0 Å². The Bertz CT molecular complexity index is 570. The molecule has 0 heterocycles. The van der Waals surface area contributed by atoms with Gasteiger partial charge in [0.1, 0.15) is 0 Å². The molecule has 0 atom stereocenters. The third-order valence-electron chi connectivity index (χ3n) is 2.79. The number of nitrogens with one attached hydrogen (secondary N) is 2. The summed E-state index contributed by atoms with van der Waals surface area (Å²) >= 11 is 17.0. The van der Waals surface area contributed by atoms with Crippen LogP contribution in [-0.4, -0.2) is 22.1 Å². The summed E-state index contributed by atoms with van der Waals surface area (Å²) in [6.45, 7) is 2.05. The molecule has 1 amide bonds. The van der Waals surface area contributed by atoms with E-state index in [2.05, 4.69) is 17.6 Å². The van der Waals surface area contributed by atoms with Crippen LogP contribution in [0.1, 0.15) is 43.0 Å². The molecule has 0 spiro atoms. The van der Waals surface area contributed by atoms with Gasteiger partial charge in [0.25, 0.3) is 0 Å². The van der Waals surface area contributed by atoms with Gasteiger partial charge < -0.3 is 15.7 Å². The number of hydrogen-bond acceptors (Lipinski definition) is 3. The Morgan fingerprint density at radius 3 is 2.32 bits per heavy atom. The number of carboxylic acids is 1. The molecule has 0 fully saturated rings. The van der Waals surface area contributed by atoms with E-state index in [4.69, 9.17) is 40.5 Å². The lowest BCUT2D eigenvalue weighted by Crippen LogP contribution is -2.34. The van der Waals surface area contributed by atoms with Crippen LogP contribution in [0.15, 0.2) is 12.1 Å². The van der Waals surface area contributed by atoms with Crippen molar-refractivity contribution in [2.75, 3.05) is 5.32 Å². The Labute approximate surface area is 144 Å². The molecule has 0 aliphatic rings. The fourth-order valence-corrected chi connectivity index (χ4v) is 2.48. The molecule has 1 aromatic carbocycles. The minimum absolute atomic E-state index is 0.0323. The standard InChI is InChI=1S/C14H16Cl2N2O3S/c1-2-3-4-5-11(19)17-14(22)18-12-9(15)6-8(13(20)21)7-10(12)16/h6-7H,2-5H2,1H3,(H,20,21)(H2,17,18,19,22). The number of rotatable bonds is 6. The molecule has 0 aliphatic heterocycles. The van der Waals surface area contributed by atoms with E-state index in [9.17, 15) is 9.59 Å². The van der Waals surface area contributed by atoms with E-state index in [0.29, 0.717) is 6.42 Å². The quantitative estimate of drug-likeness (QED) is 0.524. The highest BCUT2D eigenvalue weighted by Gasteiger charge is 2.14. The summed E-state index contributed by atoms with van der Waals surface area (Å²) < 4.78 is 0. The molecular formula is C14H16Cl2N2O3S. The summed E-state index contributed by atoms with van der Waals surface area (Å²) in [4.78, 5) is 22.5. The zero-order chi connectivity index (χ0) is 16.7. The van der Waals surface area contributed by atoms with Crippen LogP contribution in [-0.2, 0) is 4.79 Å². The predicted octanol–water partition coefficient (Wildman–Crippen LogP) is 4.08. The van der Waals surface area contributed by atoms with Crippen LogP contribution in [0.4, 0.5) is 5.69 Å². The maximum absolute atomic E-state index is 11.6. The molecule has 1 aromatic rings. The maximum Gasteiger partial charge on any atom is 0.335 e. The van der Waals surface area contributed by atoms with E-state index < -0.39 is 5.97 Å². The van der Waals surface area contributed by atoms with Gasteiger partial charge in [-0.2, -0.15) is 0 Å². The summed E-state index contributed by atoms with van der Waals surface area (Å²) in [6.07, 6.45) is 3.17. The monoisotopic (exact) mass is 362 g/mol. The van der Waals surface area contributed by atoms with Crippen LogP contribution in [0.25, 0.3) is 0 Å². The molecule has 0 bridgehead atoms. The van der Waals surface area contributed by atoms with E-state index >= 15 is 0 Å². The number of aromatic carboxylic acids is 1. The summed E-state index contributed by atoms with van der Waals surface area (Å²) in [5, 5.41) is 14.4. The van der Waals surface area contributed by atoms with Gasteiger partial charge in [-0.05, 0) is 30.8 Å². The van der Waals surface area contributed by atoms with Crippen molar-refractivity contribution >= 4 is 58.1 Å². The van der Waals surface area contributed by atoms with Crippen molar-refractivity contribution in [3.05, 3.63) is 27.7 Å². The first kappa shape index (κ1) is 18.7. The third kappa shape index (κ3) is 5.79. The maximum atomic E-state index is 11.6. The SMILES string of the molecule is CCCCCC(=O)NC(=S)Nc1c(Cl)cc(C(=O)O)cc1Cl. The number of anilines is 1. The molecule has 0 aliphatic carbocycles. The number of carboxylic acid groups (broad SMARTS) is 1. The molecule has 0 saturated heterocycles.